The van der Waals surface area contributed by atoms with Gasteiger partial charge in [-0.1, -0.05) is 0 Å². The second kappa shape index (κ2) is 6.81. The van der Waals surface area contributed by atoms with Gasteiger partial charge in [0.05, 0.1) is 12.2 Å². The van der Waals surface area contributed by atoms with Gasteiger partial charge >= 0.3 is 6.18 Å². The molecule has 0 aliphatic heterocycles. The lowest BCUT2D eigenvalue weighted by molar-refractivity contribution is -0.137. The first kappa shape index (κ1) is 18.3. The summed E-state index contributed by atoms with van der Waals surface area (Å²) in [6.07, 6.45) is -4.67. The summed E-state index contributed by atoms with van der Waals surface area (Å²) in [6, 6.07) is 2.77. The van der Waals surface area contributed by atoms with Gasteiger partial charge in [-0.05, 0) is 25.1 Å². The molecule has 2 aromatic carbocycles. The Bertz CT molecular complexity index is 885. The van der Waals surface area contributed by atoms with E-state index >= 15 is 0 Å². The molecule has 0 amide bonds. The van der Waals surface area contributed by atoms with E-state index < -0.39 is 22.6 Å². The molecule has 0 atom stereocenters. The molecule has 0 aromatic heterocycles. The third-order valence-electron chi connectivity index (χ3n) is 3.22. The summed E-state index contributed by atoms with van der Waals surface area (Å²) in [5, 5.41) is 5.72. The summed E-state index contributed by atoms with van der Waals surface area (Å²) in [7, 11) is 0. The minimum Gasteiger partial charge on any atom is -0.488 e. The Hall–Kier alpha value is -3.08. The van der Waals surface area contributed by atoms with Gasteiger partial charge in [-0.25, -0.2) is 5.84 Å². The van der Waals surface area contributed by atoms with Crippen LogP contribution in [-0.4, -0.2) is 12.4 Å². The Morgan fingerprint density at radius 1 is 1.24 bits per heavy atom. The van der Waals surface area contributed by atoms with E-state index in [-0.39, 0.29) is 35.1 Å². The maximum Gasteiger partial charge on any atom is 0.416 e. The van der Waals surface area contributed by atoms with Gasteiger partial charge in [0.1, 0.15) is 5.69 Å². The first-order valence-corrected chi connectivity index (χ1v) is 6.93. The minimum atomic E-state index is -4.67. The Labute approximate surface area is 138 Å². The number of nitrogens with one attached hydrogen (secondary N) is 2. The second-order valence-electron chi connectivity index (χ2n) is 4.84. The smallest absolute Gasteiger partial charge is 0.416 e. The highest BCUT2D eigenvalue weighted by Crippen LogP contribution is 2.33. The highest BCUT2D eigenvalue weighted by Gasteiger charge is 2.32. The molecule has 2 rings (SSSR count). The summed E-state index contributed by atoms with van der Waals surface area (Å²) in [5.74, 6) is 9.82. The number of benzene rings is 1. The zero-order chi connectivity index (χ0) is 18.8. The quantitative estimate of drug-likeness (QED) is 0.202. The van der Waals surface area contributed by atoms with Gasteiger partial charge in [0.2, 0.25) is 0 Å². The lowest BCUT2D eigenvalue weighted by Crippen LogP contribution is -2.35. The van der Waals surface area contributed by atoms with Crippen molar-refractivity contribution in [2.75, 3.05) is 11.9 Å². The predicted octanol–water partition coefficient (Wildman–Crippen LogP) is 0.527. The van der Waals surface area contributed by atoms with Gasteiger partial charge in [-0.2, -0.15) is 18.3 Å². The van der Waals surface area contributed by atoms with E-state index in [1.807, 2.05) is 0 Å². The van der Waals surface area contributed by atoms with E-state index in [0.717, 1.165) is 12.1 Å². The molecule has 0 heterocycles. The van der Waals surface area contributed by atoms with Crippen molar-refractivity contribution in [2.24, 2.45) is 16.8 Å². The van der Waals surface area contributed by atoms with Crippen LogP contribution in [0.1, 0.15) is 18.1 Å². The fourth-order valence-corrected chi connectivity index (χ4v) is 2.11. The fraction of sp³-hybridized carbons (Fsp3) is 0.214. The summed E-state index contributed by atoms with van der Waals surface area (Å²) < 4.78 is 44.3. The van der Waals surface area contributed by atoms with Gasteiger partial charge in [-0.3, -0.25) is 9.59 Å². The SMILES string of the molecule is CCOc1c(Nc2cc(/C(=N/N)NN)cc(C(F)(F)F)c2)c(=O)c1=O. The Morgan fingerprint density at radius 2 is 1.92 bits per heavy atom. The van der Waals surface area contributed by atoms with Crippen LogP contribution in [-0.2, 0) is 6.18 Å². The number of nitrogens with zero attached hydrogens (tertiary/aromatic N) is 1. The van der Waals surface area contributed by atoms with Crippen molar-refractivity contribution < 1.29 is 17.9 Å². The van der Waals surface area contributed by atoms with Gasteiger partial charge in [0.25, 0.3) is 10.9 Å². The van der Waals surface area contributed by atoms with Crippen LogP contribution in [0, 0.1) is 0 Å². The molecule has 0 unspecified atom stereocenters. The zero-order valence-electron chi connectivity index (χ0n) is 12.9. The van der Waals surface area contributed by atoms with Gasteiger partial charge in [-0.15, -0.1) is 0 Å². The lowest BCUT2D eigenvalue weighted by atomic mass is 10.1. The molecule has 25 heavy (non-hydrogen) atoms. The lowest BCUT2D eigenvalue weighted by Gasteiger charge is -2.16. The number of nitrogens with two attached hydrogens (primary N) is 2. The number of alkyl halides is 3. The number of hydrazone groups is 1. The van der Waals surface area contributed by atoms with E-state index in [1.165, 1.54) is 6.07 Å². The van der Waals surface area contributed by atoms with E-state index in [1.54, 1.807) is 6.92 Å². The van der Waals surface area contributed by atoms with Crippen molar-refractivity contribution in [3.05, 3.63) is 49.8 Å². The minimum absolute atomic E-state index is 0.0704. The number of anilines is 2. The first-order valence-electron chi connectivity index (χ1n) is 6.93. The molecule has 8 nitrogen and oxygen atoms in total. The number of hydrogen-bond donors (Lipinski definition) is 4. The van der Waals surface area contributed by atoms with Crippen molar-refractivity contribution in [1.82, 2.24) is 5.43 Å². The average molecular weight is 357 g/mol. The number of ether oxygens (including phenoxy) is 1. The zero-order valence-corrected chi connectivity index (χ0v) is 12.9. The molecule has 11 heteroatoms. The van der Waals surface area contributed by atoms with Crippen LogP contribution in [0.2, 0.25) is 0 Å². The number of rotatable bonds is 5. The largest absolute Gasteiger partial charge is 0.488 e. The third-order valence-corrected chi connectivity index (χ3v) is 3.22. The van der Waals surface area contributed by atoms with E-state index in [9.17, 15) is 22.8 Å². The van der Waals surface area contributed by atoms with Crippen LogP contribution in [0.3, 0.4) is 0 Å². The molecule has 0 spiro atoms. The van der Waals surface area contributed by atoms with Gasteiger partial charge in [0.15, 0.2) is 11.6 Å². The normalized spacial score (nSPS) is 12.3. The topological polar surface area (TPSA) is 132 Å². The molecule has 0 radical (unpaired) electrons. The number of hydrazine groups is 1. The second-order valence-corrected chi connectivity index (χ2v) is 4.84. The van der Waals surface area contributed by atoms with E-state index in [4.69, 9.17) is 16.4 Å². The number of hydrogen-bond acceptors (Lipinski definition) is 7. The van der Waals surface area contributed by atoms with Crippen molar-refractivity contribution >= 4 is 17.2 Å². The molecule has 0 aliphatic carbocycles. The Balaban J connectivity index is 2.51. The Morgan fingerprint density at radius 3 is 2.44 bits per heavy atom. The average Bonchev–Trinajstić information content (AvgIpc) is 2.58. The molecular weight excluding hydrogens is 343 g/mol. The van der Waals surface area contributed by atoms with Crippen molar-refractivity contribution in [2.45, 2.75) is 13.1 Å². The highest BCUT2D eigenvalue weighted by atomic mass is 19.4. The summed E-state index contributed by atoms with van der Waals surface area (Å²) >= 11 is 0. The molecular formula is C14H14F3N5O3. The monoisotopic (exact) mass is 357 g/mol. The van der Waals surface area contributed by atoms with Crippen LogP contribution in [0.4, 0.5) is 24.5 Å². The highest BCUT2D eigenvalue weighted by molar-refractivity contribution is 5.99. The van der Waals surface area contributed by atoms with Gasteiger partial charge in [0, 0.05) is 11.3 Å². The summed E-state index contributed by atoms with van der Waals surface area (Å²) in [5.41, 5.74) is -1.09. The van der Waals surface area contributed by atoms with E-state index in [2.05, 4.69) is 15.8 Å². The van der Waals surface area contributed by atoms with Crippen molar-refractivity contribution in [3.8, 4) is 5.75 Å². The van der Waals surface area contributed by atoms with Crippen LogP contribution in [0.5, 0.6) is 5.75 Å². The molecule has 0 saturated heterocycles. The van der Waals surface area contributed by atoms with Crippen molar-refractivity contribution in [1.29, 1.82) is 0 Å². The number of halogens is 3. The maximum absolute atomic E-state index is 13.1. The molecule has 134 valence electrons. The summed E-state index contributed by atoms with van der Waals surface area (Å²) in [4.78, 5) is 23.0. The predicted molar refractivity (Wildman–Crippen MR) is 85.3 cm³/mol. The summed E-state index contributed by atoms with van der Waals surface area (Å²) in [6.45, 7) is 1.72. The van der Waals surface area contributed by atoms with Crippen LogP contribution in [0.15, 0.2) is 32.9 Å². The maximum atomic E-state index is 13.1. The molecule has 0 fully saturated rings. The van der Waals surface area contributed by atoms with Crippen LogP contribution >= 0.6 is 0 Å². The molecule has 0 saturated carbocycles. The number of amidine groups is 1. The Kier molecular flexibility index (Phi) is 4.97. The first-order chi connectivity index (χ1) is 11.7. The van der Waals surface area contributed by atoms with Crippen LogP contribution in [0.25, 0.3) is 0 Å². The fourth-order valence-electron chi connectivity index (χ4n) is 2.11. The standard InChI is InChI=1S/C14H14F3N5O3/c1-2-25-12-9(10(23)11(12)24)20-8-4-6(13(21-18)22-19)3-7(5-8)14(15,16)17/h3-5,20H,2,18-19H2,1H3,(H,21,22). The van der Waals surface area contributed by atoms with Crippen molar-refractivity contribution in [3.63, 3.8) is 0 Å². The molecule has 0 bridgehead atoms. The molecule has 2 aromatic rings. The van der Waals surface area contributed by atoms with Gasteiger partial charge < -0.3 is 21.3 Å². The van der Waals surface area contributed by atoms with E-state index in [0.29, 0.717) is 0 Å². The molecule has 0 aliphatic rings. The third kappa shape index (κ3) is 3.55. The van der Waals surface area contributed by atoms with Crippen LogP contribution < -0.4 is 38.0 Å². The molecule has 6 N–H and O–H groups in total.